The Hall–Kier alpha value is -2.07. The lowest BCUT2D eigenvalue weighted by Gasteiger charge is -2.27. The van der Waals surface area contributed by atoms with E-state index in [-0.39, 0.29) is 30.8 Å². The van der Waals surface area contributed by atoms with Gasteiger partial charge in [0.2, 0.25) is 10.0 Å². The molecule has 1 fully saturated rings. The second-order valence-corrected chi connectivity index (χ2v) is 6.98. The van der Waals surface area contributed by atoms with E-state index in [1.54, 1.807) is 0 Å². The second kappa shape index (κ2) is 6.81. The lowest BCUT2D eigenvalue weighted by atomic mass is 10.1. The first-order valence-corrected chi connectivity index (χ1v) is 8.28. The molecule has 1 aromatic carbocycles. The van der Waals surface area contributed by atoms with Crippen LogP contribution in [0.5, 0.6) is 5.75 Å². The van der Waals surface area contributed by atoms with Gasteiger partial charge in [0, 0.05) is 13.1 Å². The summed E-state index contributed by atoms with van der Waals surface area (Å²) in [5.74, 6) is -1.85. The SMILES string of the molecule is O=C([O-])C=C1CCN(S(=O)(=O)c2ccc(OC(F)(F)F)cc2)CC1. The molecule has 0 aliphatic carbocycles. The molecule has 1 aromatic rings. The van der Waals surface area contributed by atoms with Crippen molar-refractivity contribution in [2.75, 3.05) is 13.1 Å². The van der Waals surface area contributed by atoms with Crippen molar-refractivity contribution in [3.8, 4) is 5.75 Å². The van der Waals surface area contributed by atoms with Crippen molar-refractivity contribution in [1.29, 1.82) is 0 Å². The number of nitrogens with zero attached hydrogens (tertiary/aromatic N) is 1. The average molecular weight is 364 g/mol. The van der Waals surface area contributed by atoms with Crippen molar-refractivity contribution in [3.05, 3.63) is 35.9 Å². The normalized spacial score (nSPS) is 16.7. The summed E-state index contributed by atoms with van der Waals surface area (Å²) in [6, 6.07) is 3.91. The van der Waals surface area contributed by atoms with E-state index in [4.69, 9.17) is 0 Å². The molecule has 1 aliphatic rings. The van der Waals surface area contributed by atoms with Crippen LogP contribution in [0.4, 0.5) is 13.2 Å². The van der Waals surface area contributed by atoms with Crippen molar-refractivity contribution < 1.29 is 36.2 Å². The van der Waals surface area contributed by atoms with Crippen LogP contribution in [-0.2, 0) is 14.8 Å². The van der Waals surface area contributed by atoms with Crippen molar-refractivity contribution in [2.45, 2.75) is 24.1 Å². The number of carbonyl (C=O) groups is 1. The van der Waals surface area contributed by atoms with Gasteiger partial charge in [-0.3, -0.25) is 0 Å². The summed E-state index contributed by atoms with van der Waals surface area (Å²) >= 11 is 0. The summed E-state index contributed by atoms with van der Waals surface area (Å²) in [6.07, 6.45) is -3.40. The third-order valence-electron chi connectivity index (χ3n) is 3.38. The lowest BCUT2D eigenvalue weighted by Crippen LogP contribution is -2.36. The molecule has 0 amide bonds. The zero-order valence-corrected chi connectivity index (χ0v) is 13.1. The highest BCUT2D eigenvalue weighted by Crippen LogP contribution is 2.27. The molecule has 10 heteroatoms. The van der Waals surface area contributed by atoms with E-state index in [2.05, 4.69) is 4.74 Å². The van der Waals surface area contributed by atoms with Crippen LogP contribution in [0, 0.1) is 0 Å². The quantitative estimate of drug-likeness (QED) is 0.746. The summed E-state index contributed by atoms with van der Waals surface area (Å²) in [7, 11) is -3.87. The zero-order chi connectivity index (χ0) is 18.0. The van der Waals surface area contributed by atoms with Gasteiger partial charge in [-0.15, -0.1) is 13.2 Å². The van der Waals surface area contributed by atoms with Gasteiger partial charge < -0.3 is 14.6 Å². The Morgan fingerprint density at radius 1 is 1.17 bits per heavy atom. The molecule has 0 atom stereocenters. The van der Waals surface area contributed by atoms with E-state index in [0.29, 0.717) is 5.57 Å². The van der Waals surface area contributed by atoms with Crippen LogP contribution in [0.15, 0.2) is 40.8 Å². The van der Waals surface area contributed by atoms with Gasteiger partial charge in [-0.2, -0.15) is 4.31 Å². The topological polar surface area (TPSA) is 86.7 Å². The van der Waals surface area contributed by atoms with E-state index in [0.717, 1.165) is 34.6 Å². The molecule has 24 heavy (non-hydrogen) atoms. The molecule has 0 N–H and O–H groups in total. The second-order valence-electron chi connectivity index (χ2n) is 5.04. The molecule has 0 unspecified atom stereocenters. The van der Waals surface area contributed by atoms with E-state index < -0.39 is 28.1 Å². The van der Waals surface area contributed by atoms with Gasteiger partial charge in [0.1, 0.15) is 5.75 Å². The first kappa shape index (κ1) is 18.3. The number of carbonyl (C=O) groups excluding carboxylic acids is 1. The number of alkyl halides is 3. The fourth-order valence-corrected chi connectivity index (χ4v) is 3.73. The Morgan fingerprint density at radius 2 is 1.71 bits per heavy atom. The minimum Gasteiger partial charge on any atom is -0.545 e. The smallest absolute Gasteiger partial charge is 0.545 e. The Kier molecular flexibility index (Phi) is 5.19. The van der Waals surface area contributed by atoms with Crippen molar-refractivity contribution in [3.63, 3.8) is 0 Å². The Balaban J connectivity index is 2.10. The molecule has 0 spiro atoms. The molecule has 6 nitrogen and oxygen atoms in total. The van der Waals surface area contributed by atoms with Crippen LogP contribution < -0.4 is 9.84 Å². The predicted octanol–water partition coefficient (Wildman–Crippen LogP) is 1.05. The largest absolute Gasteiger partial charge is 0.573 e. The number of carboxylic acids is 1. The molecule has 0 bridgehead atoms. The third-order valence-corrected chi connectivity index (χ3v) is 5.29. The predicted molar refractivity (Wildman–Crippen MR) is 74.2 cm³/mol. The number of hydrogen-bond donors (Lipinski definition) is 0. The van der Waals surface area contributed by atoms with E-state index in [1.807, 2.05) is 0 Å². The number of benzene rings is 1. The molecule has 1 saturated heterocycles. The molecule has 0 radical (unpaired) electrons. The molecule has 132 valence electrons. The number of carboxylic acid groups (broad SMARTS) is 1. The number of sulfonamides is 1. The van der Waals surface area contributed by atoms with Crippen LogP contribution in [0.3, 0.4) is 0 Å². The highest BCUT2D eigenvalue weighted by molar-refractivity contribution is 7.89. The number of aliphatic carboxylic acids is 1. The monoisotopic (exact) mass is 364 g/mol. The molecule has 0 aromatic heterocycles. The van der Waals surface area contributed by atoms with Crippen molar-refractivity contribution >= 4 is 16.0 Å². The molecule has 1 heterocycles. The zero-order valence-electron chi connectivity index (χ0n) is 12.2. The highest BCUT2D eigenvalue weighted by atomic mass is 32.2. The van der Waals surface area contributed by atoms with Crippen LogP contribution in [0.1, 0.15) is 12.8 Å². The fraction of sp³-hybridized carbons (Fsp3) is 0.357. The molecular formula is C14H13F3NO5S-. The van der Waals surface area contributed by atoms with Crippen molar-refractivity contribution in [1.82, 2.24) is 4.31 Å². The van der Waals surface area contributed by atoms with Gasteiger partial charge in [-0.05, 0) is 43.2 Å². The maximum atomic E-state index is 12.4. The Bertz CT molecular complexity index is 731. The highest BCUT2D eigenvalue weighted by Gasteiger charge is 2.32. The number of hydrogen-bond acceptors (Lipinski definition) is 5. The van der Waals surface area contributed by atoms with Gasteiger partial charge in [0.25, 0.3) is 0 Å². The Morgan fingerprint density at radius 3 is 2.17 bits per heavy atom. The number of halogens is 3. The number of rotatable bonds is 4. The summed E-state index contributed by atoms with van der Waals surface area (Å²) < 4.78 is 66.0. The standard InChI is InChI=1S/C14H14F3NO5S/c15-14(16,17)23-11-1-3-12(4-2-11)24(21,22)18-7-5-10(6-8-18)9-13(19)20/h1-4,9H,5-8H2,(H,19,20)/p-1. The first-order valence-electron chi connectivity index (χ1n) is 6.84. The summed E-state index contributed by atoms with van der Waals surface area (Å²) in [5, 5.41) is 10.5. The van der Waals surface area contributed by atoms with Gasteiger partial charge in [0.05, 0.1) is 10.9 Å². The van der Waals surface area contributed by atoms with Gasteiger partial charge in [-0.1, -0.05) is 5.57 Å². The van der Waals surface area contributed by atoms with Gasteiger partial charge in [-0.25, -0.2) is 8.42 Å². The molecule has 0 saturated carbocycles. The Labute approximate surface area is 136 Å². The molecule has 2 rings (SSSR count). The van der Waals surface area contributed by atoms with Crippen LogP contribution >= 0.6 is 0 Å². The summed E-state index contributed by atoms with van der Waals surface area (Å²) in [5.41, 5.74) is 0.579. The minimum absolute atomic E-state index is 0.0856. The number of piperidine rings is 1. The minimum atomic E-state index is -4.85. The average Bonchev–Trinajstić information content (AvgIpc) is 2.46. The number of ether oxygens (including phenoxy) is 1. The summed E-state index contributed by atoms with van der Waals surface area (Å²) in [4.78, 5) is 10.3. The van der Waals surface area contributed by atoms with Crippen LogP contribution in [0.25, 0.3) is 0 Å². The summed E-state index contributed by atoms with van der Waals surface area (Å²) in [6.45, 7) is 0.171. The third kappa shape index (κ3) is 4.71. The van der Waals surface area contributed by atoms with E-state index in [1.165, 1.54) is 0 Å². The maximum absolute atomic E-state index is 12.4. The molecule has 1 aliphatic heterocycles. The van der Waals surface area contributed by atoms with Gasteiger partial charge >= 0.3 is 6.36 Å². The maximum Gasteiger partial charge on any atom is 0.573 e. The van der Waals surface area contributed by atoms with E-state index >= 15 is 0 Å². The van der Waals surface area contributed by atoms with Crippen LogP contribution in [-0.4, -0.2) is 38.1 Å². The van der Waals surface area contributed by atoms with Gasteiger partial charge in [0.15, 0.2) is 0 Å². The van der Waals surface area contributed by atoms with Crippen molar-refractivity contribution in [2.24, 2.45) is 0 Å². The van der Waals surface area contributed by atoms with Crippen LogP contribution in [0.2, 0.25) is 0 Å². The fourth-order valence-electron chi connectivity index (χ4n) is 2.29. The van der Waals surface area contributed by atoms with E-state index in [9.17, 15) is 31.5 Å². The first-order chi connectivity index (χ1) is 11.1. The lowest BCUT2D eigenvalue weighted by molar-refractivity contribution is -0.297. The molecular weight excluding hydrogens is 351 g/mol.